The second kappa shape index (κ2) is 9.65. The lowest BCUT2D eigenvalue weighted by atomic mass is 9.65. The SMILES string of the molecule is CC(=O)C1(C)CC(C)CC(CNC(=O)c2cccc(NSc3ccccc3F)c2)C1. The van der Waals surface area contributed by atoms with E-state index in [4.69, 9.17) is 0 Å². The number of carbonyl (C=O) groups excluding carboxylic acids is 2. The van der Waals surface area contributed by atoms with Crippen LogP contribution in [0.3, 0.4) is 0 Å². The van der Waals surface area contributed by atoms with Crippen molar-refractivity contribution in [2.24, 2.45) is 17.3 Å². The van der Waals surface area contributed by atoms with Crippen molar-refractivity contribution in [1.82, 2.24) is 5.32 Å². The molecule has 1 aliphatic rings. The fourth-order valence-corrected chi connectivity index (χ4v) is 5.04. The van der Waals surface area contributed by atoms with Gasteiger partial charge in [0, 0.05) is 23.2 Å². The molecule has 0 aliphatic heterocycles. The molecule has 3 atom stereocenters. The summed E-state index contributed by atoms with van der Waals surface area (Å²) in [6.45, 7) is 6.46. The Balaban J connectivity index is 1.57. The largest absolute Gasteiger partial charge is 0.352 e. The van der Waals surface area contributed by atoms with Gasteiger partial charge in [0.15, 0.2) is 0 Å². The lowest BCUT2D eigenvalue weighted by Crippen LogP contribution is -2.40. The zero-order valence-electron chi connectivity index (χ0n) is 17.7. The van der Waals surface area contributed by atoms with Crippen molar-refractivity contribution < 1.29 is 14.0 Å². The Hall–Kier alpha value is -2.34. The number of amides is 1. The topological polar surface area (TPSA) is 58.2 Å². The van der Waals surface area contributed by atoms with E-state index in [2.05, 4.69) is 17.0 Å². The maximum Gasteiger partial charge on any atom is 0.251 e. The Kier molecular flexibility index (Phi) is 7.19. The molecule has 1 saturated carbocycles. The van der Waals surface area contributed by atoms with Crippen LogP contribution in [0.1, 0.15) is 50.4 Å². The second-order valence-corrected chi connectivity index (χ2v) is 9.51. The first kappa shape index (κ1) is 22.3. The maximum absolute atomic E-state index is 13.8. The summed E-state index contributed by atoms with van der Waals surface area (Å²) in [7, 11) is 0. The van der Waals surface area contributed by atoms with Gasteiger partial charge in [-0.25, -0.2) is 4.39 Å². The van der Waals surface area contributed by atoms with Crippen molar-refractivity contribution in [3.05, 3.63) is 59.9 Å². The van der Waals surface area contributed by atoms with E-state index in [1.807, 2.05) is 13.0 Å². The minimum Gasteiger partial charge on any atom is -0.352 e. The number of halogens is 1. The first-order valence-corrected chi connectivity index (χ1v) is 11.1. The summed E-state index contributed by atoms with van der Waals surface area (Å²) in [4.78, 5) is 25.2. The van der Waals surface area contributed by atoms with Crippen LogP contribution in [0.2, 0.25) is 0 Å². The predicted molar refractivity (Wildman–Crippen MR) is 120 cm³/mol. The Morgan fingerprint density at radius 1 is 1.17 bits per heavy atom. The van der Waals surface area contributed by atoms with Crippen LogP contribution in [0.25, 0.3) is 0 Å². The lowest BCUT2D eigenvalue weighted by molar-refractivity contribution is -0.129. The van der Waals surface area contributed by atoms with Crippen molar-refractivity contribution in [1.29, 1.82) is 0 Å². The van der Waals surface area contributed by atoms with E-state index in [-0.39, 0.29) is 22.9 Å². The van der Waals surface area contributed by atoms with Crippen molar-refractivity contribution in [2.45, 2.75) is 44.9 Å². The maximum atomic E-state index is 13.8. The minimum absolute atomic E-state index is 0.141. The van der Waals surface area contributed by atoms with Crippen molar-refractivity contribution in [3.8, 4) is 0 Å². The molecule has 0 heterocycles. The first-order valence-electron chi connectivity index (χ1n) is 10.3. The fourth-order valence-electron chi connectivity index (χ4n) is 4.37. The second-order valence-electron chi connectivity index (χ2n) is 8.66. The van der Waals surface area contributed by atoms with E-state index < -0.39 is 0 Å². The normalized spacial score (nSPS) is 23.6. The third-order valence-electron chi connectivity index (χ3n) is 5.92. The molecule has 3 rings (SSSR count). The Morgan fingerprint density at radius 3 is 2.67 bits per heavy atom. The highest BCUT2D eigenvalue weighted by Gasteiger charge is 2.39. The summed E-state index contributed by atoms with van der Waals surface area (Å²) in [6.07, 6.45) is 2.75. The van der Waals surface area contributed by atoms with Crippen LogP contribution in [0.5, 0.6) is 0 Å². The number of Topliss-reactive ketones (excluding diaryl/α,β-unsaturated/α-hetero) is 1. The van der Waals surface area contributed by atoms with Gasteiger partial charge in [-0.05, 0) is 80.3 Å². The smallest absolute Gasteiger partial charge is 0.251 e. The van der Waals surface area contributed by atoms with Gasteiger partial charge in [0.05, 0.1) is 4.90 Å². The summed E-state index contributed by atoms with van der Waals surface area (Å²) in [6, 6.07) is 13.7. The molecule has 0 spiro atoms. The molecule has 0 radical (unpaired) electrons. The molecule has 0 bridgehead atoms. The van der Waals surface area contributed by atoms with E-state index in [0.29, 0.717) is 28.8 Å². The molecule has 3 unspecified atom stereocenters. The van der Waals surface area contributed by atoms with Crippen LogP contribution in [-0.2, 0) is 4.79 Å². The summed E-state index contributed by atoms with van der Waals surface area (Å²) in [5, 5.41) is 3.03. The molecule has 4 nitrogen and oxygen atoms in total. The third kappa shape index (κ3) is 5.63. The number of ketones is 1. The number of rotatable bonds is 7. The summed E-state index contributed by atoms with van der Waals surface area (Å²) >= 11 is 1.17. The highest BCUT2D eigenvalue weighted by atomic mass is 32.2. The van der Waals surface area contributed by atoms with Gasteiger partial charge in [0.25, 0.3) is 5.91 Å². The lowest BCUT2D eigenvalue weighted by Gasteiger charge is -2.39. The fraction of sp³-hybridized carbons (Fsp3) is 0.417. The zero-order valence-corrected chi connectivity index (χ0v) is 18.5. The number of benzene rings is 2. The van der Waals surface area contributed by atoms with Crippen LogP contribution in [0.4, 0.5) is 10.1 Å². The quantitative estimate of drug-likeness (QED) is 0.555. The number of hydrogen-bond acceptors (Lipinski definition) is 4. The molecule has 160 valence electrons. The number of hydrogen-bond donors (Lipinski definition) is 2. The van der Waals surface area contributed by atoms with Crippen molar-refractivity contribution in [3.63, 3.8) is 0 Å². The van der Waals surface area contributed by atoms with E-state index in [1.165, 1.54) is 18.0 Å². The average Bonchev–Trinajstić information content (AvgIpc) is 2.71. The van der Waals surface area contributed by atoms with Crippen LogP contribution in [-0.4, -0.2) is 18.2 Å². The first-order chi connectivity index (χ1) is 14.3. The molecule has 2 N–H and O–H groups in total. The van der Waals surface area contributed by atoms with Gasteiger partial charge in [0.2, 0.25) is 0 Å². The van der Waals surface area contributed by atoms with Gasteiger partial charge in [-0.1, -0.05) is 32.0 Å². The van der Waals surface area contributed by atoms with Gasteiger partial charge in [-0.15, -0.1) is 0 Å². The Labute approximate surface area is 182 Å². The number of carbonyl (C=O) groups is 2. The van der Waals surface area contributed by atoms with E-state index in [1.54, 1.807) is 43.3 Å². The van der Waals surface area contributed by atoms with Gasteiger partial charge < -0.3 is 10.0 Å². The molecular weight excluding hydrogens is 399 g/mol. The van der Waals surface area contributed by atoms with Crippen LogP contribution in [0, 0.1) is 23.1 Å². The third-order valence-corrected chi connectivity index (χ3v) is 6.80. The highest BCUT2D eigenvalue weighted by Crippen LogP contribution is 2.42. The van der Waals surface area contributed by atoms with E-state index in [0.717, 1.165) is 24.9 Å². The molecule has 1 aliphatic carbocycles. The Bertz CT molecular complexity index is 920. The van der Waals surface area contributed by atoms with Crippen LogP contribution in [0.15, 0.2) is 53.4 Å². The zero-order chi connectivity index (χ0) is 21.7. The molecule has 0 saturated heterocycles. The molecule has 2 aromatic carbocycles. The number of nitrogens with one attached hydrogen (secondary N) is 2. The molecule has 30 heavy (non-hydrogen) atoms. The van der Waals surface area contributed by atoms with Gasteiger partial charge in [0.1, 0.15) is 11.6 Å². The minimum atomic E-state index is -0.291. The molecule has 0 aromatic heterocycles. The molecule has 6 heteroatoms. The predicted octanol–water partition coefficient (Wildman–Crippen LogP) is 5.71. The molecule has 1 fully saturated rings. The summed E-state index contributed by atoms with van der Waals surface area (Å²) < 4.78 is 16.9. The highest BCUT2D eigenvalue weighted by molar-refractivity contribution is 8.00. The summed E-state index contributed by atoms with van der Waals surface area (Å²) in [5.41, 5.74) is 0.986. The molecule has 1 amide bonds. The monoisotopic (exact) mass is 428 g/mol. The van der Waals surface area contributed by atoms with Gasteiger partial charge in [-0.3, -0.25) is 9.59 Å². The summed E-state index contributed by atoms with van der Waals surface area (Å²) in [5.74, 6) is 0.568. The van der Waals surface area contributed by atoms with E-state index >= 15 is 0 Å². The van der Waals surface area contributed by atoms with Crippen molar-refractivity contribution >= 4 is 29.3 Å². The Morgan fingerprint density at radius 2 is 1.93 bits per heavy atom. The standard InChI is InChI=1S/C24H29FN2O2S/c1-16-11-18(14-24(3,13-16)17(2)28)15-26-23(29)19-7-6-8-20(12-19)27-30-22-10-5-4-9-21(22)25/h4-10,12,16,18,27H,11,13-15H2,1-3H3,(H,26,29). The molecule has 2 aromatic rings. The van der Waals surface area contributed by atoms with Crippen LogP contribution >= 0.6 is 11.9 Å². The molecular formula is C24H29FN2O2S. The average molecular weight is 429 g/mol. The van der Waals surface area contributed by atoms with Crippen LogP contribution < -0.4 is 10.0 Å². The van der Waals surface area contributed by atoms with Crippen molar-refractivity contribution in [2.75, 3.05) is 11.3 Å². The van der Waals surface area contributed by atoms with Gasteiger partial charge >= 0.3 is 0 Å². The van der Waals surface area contributed by atoms with Gasteiger partial charge in [-0.2, -0.15) is 0 Å². The number of anilines is 1. The van der Waals surface area contributed by atoms with E-state index in [9.17, 15) is 14.0 Å².